The first kappa shape index (κ1) is 17.6. The molecule has 0 bridgehead atoms. The number of allylic oxidation sites excluding steroid dienone is 2. The Morgan fingerprint density at radius 3 is 2.00 bits per heavy atom. The summed E-state index contributed by atoms with van der Waals surface area (Å²) in [6.45, 7) is 0. The minimum Gasteiger partial charge on any atom is -0.345 e. The Hall–Kier alpha value is -3.79. The summed E-state index contributed by atoms with van der Waals surface area (Å²) < 4.78 is 0. The van der Waals surface area contributed by atoms with Gasteiger partial charge in [-0.1, -0.05) is 17.7 Å². The molecule has 2 rings (SSSR count). The smallest absolute Gasteiger partial charge is 0.255 e. The highest BCUT2D eigenvalue weighted by atomic mass is 35.5. The average molecular weight is 348 g/mol. The lowest BCUT2D eigenvalue weighted by molar-refractivity contribution is 0.102. The van der Waals surface area contributed by atoms with Crippen molar-refractivity contribution in [2.75, 3.05) is 10.6 Å². The Balaban J connectivity index is 2.12. The van der Waals surface area contributed by atoms with Crippen molar-refractivity contribution < 1.29 is 4.79 Å². The summed E-state index contributed by atoms with van der Waals surface area (Å²) in [7, 11) is 0. The SMILES string of the molecule is N#CC(C#N)=C(C#N)Nc1ccc(NC(=O)c2cccc(Cl)c2)cc1. The minimum atomic E-state index is -0.308. The molecular weight excluding hydrogens is 338 g/mol. The first-order chi connectivity index (χ1) is 12.1. The Labute approximate surface area is 149 Å². The standard InChI is InChI=1S/C18H10ClN5O/c19-14-3-1-2-12(8-14)18(25)24-16-6-4-15(5-7-16)23-17(11-22)13(9-20)10-21/h1-8,23H,(H,24,25). The van der Waals surface area contributed by atoms with Crippen molar-refractivity contribution in [1.82, 2.24) is 0 Å². The van der Waals surface area contributed by atoms with Gasteiger partial charge in [0.1, 0.15) is 23.9 Å². The van der Waals surface area contributed by atoms with Gasteiger partial charge in [0.2, 0.25) is 0 Å². The molecule has 0 heterocycles. The van der Waals surface area contributed by atoms with Crippen molar-refractivity contribution in [1.29, 1.82) is 15.8 Å². The van der Waals surface area contributed by atoms with Crippen LogP contribution in [-0.4, -0.2) is 5.91 Å². The van der Waals surface area contributed by atoms with E-state index in [9.17, 15) is 4.79 Å². The first-order valence-electron chi connectivity index (χ1n) is 6.96. The van der Waals surface area contributed by atoms with Gasteiger partial charge in [0.25, 0.3) is 5.91 Å². The second-order valence-corrected chi connectivity index (χ2v) is 5.19. The van der Waals surface area contributed by atoms with E-state index in [1.807, 2.05) is 0 Å². The third kappa shape index (κ3) is 4.59. The number of carbonyl (C=O) groups is 1. The van der Waals surface area contributed by atoms with E-state index in [1.165, 1.54) is 0 Å². The second kappa shape index (κ2) is 8.17. The van der Waals surface area contributed by atoms with E-state index >= 15 is 0 Å². The molecule has 6 nitrogen and oxygen atoms in total. The Morgan fingerprint density at radius 2 is 1.48 bits per heavy atom. The number of benzene rings is 2. The maximum absolute atomic E-state index is 12.1. The van der Waals surface area contributed by atoms with E-state index in [4.69, 9.17) is 27.4 Å². The summed E-state index contributed by atoms with van der Waals surface area (Å²) in [5.74, 6) is -0.308. The highest BCUT2D eigenvalue weighted by Gasteiger charge is 2.08. The molecule has 25 heavy (non-hydrogen) atoms. The molecular formula is C18H10ClN5O. The largest absolute Gasteiger partial charge is 0.345 e. The second-order valence-electron chi connectivity index (χ2n) is 4.75. The van der Waals surface area contributed by atoms with Gasteiger partial charge in [-0.2, -0.15) is 15.8 Å². The molecule has 0 aliphatic heterocycles. The van der Waals surface area contributed by atoms with Gasteiger partial charge >= 0.3 is 0 Å². The fourth-order valence-electron chi connectivity index (χ4n) is 1.90. The minimum absolute atomic E-state index is 0.138. The van der Waals surface area contributed by atoms with E-state index in [2.05, 4.69) is 10.6 Å². The van der Waals surface area contributed by atoms with Crippen LogP contribution in [0.2, 0.25) is 5.02 Å². The summed E-state index contributed by atoms with van der Waals surface area (Å²) >= 11 is 5.86. The normalized spacial score (nSPS) is 9.04. The van der Waals surface area contributed by atoms with Crippen molar-refractivity contribution in [3.05, 3.63) is 70.4 Å². The van der Waals surface area contributed by atoms with Gasteiger partial charge in [0.05, 0.1) is 0 Å². The molecule has 0 atom stereocenters. The van der Waals surface area contributed by atoms with Crippen LogP contribution in [0.3, 0.4) is 0 Å². The number of nitrogens with one attached hydrogen (secondary N) is 2. The van der Waals surface area contributed by atoms with Crippen molar-refractivity contribution >= 4 is 28.9 Å². The van der Waals surface area contributed by atoms with E-state index < -0.39 is 0 Å². The average Bonchev–Trinajstić information content (AvgIpc) is 2.63. The van der Waals surface area contributed by atoms with Crippen LogP contribution in [0.15, 0.2) is 59.8 Å². The molecule has 0 radical (unpaired) electrons. The van der Waals surface area contributed by atoms with Crippen LogP contribution < -0.4 is 10.6 Å². The molecule has 2 aromatic carbocycles. The van der Waals surface area contributed by atoms with Crippen LogP contribution in [0, 0.1) is 34.0 Å². The van der Waals surface area contributed by atoms with Crippen LogP contribution in [0.1, 0.15) is 10.4 Å². The third-order valence-corrected chi connectivity index (χ3v) is 3.32. The van der Waals surface area contributed by atoms with Crippen LogP contribution >= 0.6 is 11.6 Å². The van der Waals surface area contributed by atoms with Gasteiger partial charge in [-0.05, 0) is 42.5 Å². The topological polar surface area (TPSA) is 112 Å². The summed E-state index contributed by atoms with van der Waals surface area (Å²) in [5.41, 5.74) is 1.03. The lowest BCUT2D eigenvalue weighted by atomic mass is 10.2. The van der Waals surface area contributed by atoms with Gasteiger partial charge in [-0.15, -0.1) is 0 Å². The Kier molecular flexibility index (Phi) is 5.74. The predicted octanol–water partition coefficient (Wildman–Crippen LogP) is 3.83. The Bertz CT molecular complexity index is 943. The zero-order valence-electron chi connectivity index (χ0n) is 12.7. The highest BCUT2D eigenvalue weighted by Crippen LogP contribution is 2.18. The van der Waals surface area contributed by atoms with Crippen molar-refractivity contribution in [2.24, 2.45) is 0 Å². The number of nitrogens with zero attached hydrogens (tertiary/aromatic N) is 3. The Morgan fingerprint density at radius 1 is 0.880 bits per heavy atom. The number of hydrogen-bond acceptors (Lipinski definition) is 5. The molecule has 0 saturated heterocycles. The quantitative estimate of drug-likeness (QED) is 0.816. The number of rotatable bonds is 4. The highest BCUT2D eigenvalue weighted by molar-refractivity contribution is 6.31. The number of amides is 1. The monoisotopic (exact) mass is 347 g/mol. The lowest BCUT2D eigenvalue weighted by Gasteiger charge is -2.08. The molecule has 0 aromatic heterocycles. The van der Waals surface area contributed by atoms with Crippen LogP contribution in [0.25, 0.3) is 0 Å². The molecule has 0 fully saturated rings. The molecule has 0 aliphatic carbocycles. The van der Waals surface area contributed by atoms with Crippen LogP contribution in [0.5, 0.6) is 0 Å². The van der Waals surface area contributed by atoms with Gasteiger partial charge in [0.15, 0.2) is 5.57 Å². The molecule has 7 heteroatoms. The number of nitriles is 3. The number of hydrogen-bond donors (Lipinski definition) is 2. The van der Waals surface area contributed by atoms with Gasteiger partial charge < -0.3 is 10.6 Å². The van der Waals surface area contributed by atoms with Crippen molar-refractivity contribution in [2.45, 2.75) is 0 Å². The zero-order chi connectivity index (χ0) is 18.2. The zero-order valence-corrected chi connectivity index (χ0v) is 13.5. The molecule has 1 amide bonds. The molecule has 2 aromatic rings. The van der Waals surface area contributed by atoms with E-state index in [0.29, 0.717) is 22.0 Å². The van der Waals surface area contributed by atoms with Crippen LogP contribution in [0.4, 0.5) is 11.4 Å². The van der Waals surface area contributed by atoms with Crippen LogP contribution in [-0.2, 0) is 0 Å². The maximum Gasteiger partial charge on any atom is 0.255 e. The van der Waals surface area contributed by atoms with Gasteiger partial charge in [-0.3, -0.25) is 4.79 Å². The predicted molar refractivity (Wildman–Crippen MR) is 93.3 cm³/mol. The van der Waals surface area contributed by atoms with E-state index in [1.54, 1.807) is 66.7 Å². The molecule has 0 unspecified atom stereocenters. The molecule has 120 valence electrons. The molecule has 0 spiro atoms. The fourth-order valence-corrected chi connectivity index (χ4v) is 2.09. The number of anilines is 2. The van der Waals surface area contributed by atoms with Gasteiger partial charge in [-0.25, -0.2) is 0 Å². The van der Waals surface area contributed by atoms with E-state index in [0.717, 1.165) is 0 Å². The summed E-state index contributed by atoms with van der Waals surface area (Å²) in [6.07, 6.45) is 0. The molecule has 0 saturated carbocycles. The number of halogens is 1. The molecule has 2 N–H and O–H groups in total. The van der Waals surface area contributed by atoms with E-state index in [-0.39, 0.29) is 17.2 Å². The summed E-state index contributed by atoms with van der Waals surface area (Å²) in [4.78, 5) is 12.1. The third-order valence-electron chi connectivity index (χ3n) is 3.08. The lowest BCUT2D eigenvalue weighted by Crippen LogP contribution is -2.11. The fraction of sp³-hybridized carbons (Fsp3) is 0. The molecule has 0 aliphatic rings. The summed E-state index contributed by atoms with van der Waals surface area (Å²) in [6, 6.07) is 18.1. The number of carbonyl (C=O) groups excluding carboxylic acids is 1. The summed E-state index contributed by atoms with van der Waals surface area (Å²) in [5, 5.41) is 32.5. The maximum atomic E-state index is 12.1. The van der Waals surface area contributed by atoms with Gasteiger partial charge in [0, 0.05) is 22.0 Å². The first-order valence-corrected chi connectivity index (χ1v) is 7.33. The van der Waals surface area contributed by atoms with Crippen molar-refractivity contribution in [3.8, 4) is 18.2 Å². The van der Waals surface area contributed by atoms with Crippen molar-refractivity contribution in [3.63, 3.8) is 0 Å².